The number of aromatic hydroxyl groups is 1. The first-order valence-electron chi connectivity index (χ1n) is 16.8. The summed E-state index contributed by atoms with van der Waals surface area (Å²) < 4.78 is 43.8. The minimum atomic E-state index is -4.05. The number of nitriles is 1. The van der Waals surface area contributed by atoms with E-state index in [0.717, 1.165) is 44.0 Å². The molecule has 0 amide bonds. The number of rotatable bonds is 7. The van der Waals surface area contributed by atoms with Gasteiger partial charge < -0.3 is 19.8 Å². The minimum absolute atomic E-state index is 0.103. The third kappa shape index (κ3) is 5.53. The van der Waals surface area contributed by atoms with Crippen molar-refractivity contribution in [2.24, 2.45) is 0 Å². The van der Waals surface area contributed by atoms with E-state index in [0.29, 0.717) is 53.1 Å². The van der Waals surface area contributed by atoms with Gasteiger partial charge >= 0.3 is 0 Å². The zero-order chi connectivity index (χ0) is 34.7. The Hall–Kier alpha value is -5.03. The quantitative estimate of drug-likeness (QED) is 0.260. The molecule has 3 aromatic heterocycles. The van der Waals surface area contributed by atoms with Crippen LogP contribution in [0.15, 0.2) is 78.0 Å². The number of hydrogen-bond donors (Lipinski definition) is 1. The van der Waals surface area contributed by atoms with Crippen molar-refractivity contribution < 1.29 is 17.9 Å². The number of piperidine rings is 1. The fraction of sp³-hybridized carbons (Fsp3) is 0.324. The summed E-state index contributed by atoms with van der Waals surface area (Å²) in [7, 11) is -2.00. The van der Waals surface area contributed by atoms with E-state index in [4.69, 9.17) is 4.98 Å². The van der Waals surface area contributed by atoms with Crippen LogP contribution in [0.3, 0.4) is 0 Å². The summed E-state index contributed by atoms with van der Waals surface area (Å²) in [5, 5.41) is 21.0. The zero-order valence-corrected chi connectivity index (χ0v) is 28.7. The maximum absolute atomic E-state index is 14.3. The van der Waals surface area contributed by atoms with Gasteiger partial charge in [0.1, 0.15) is 29.3 Å². The van der Waals surface area contributed by atoms with Crippen molar-refractivity contribution in [3.05, 3.63) is 95.6 Å². The van der Waals surface area contributed by atoms with Crippen molar-refractivity contribution in [1.82, 2.24) is 23.7 Å². The third-order valence-corrected chi connectivity index (χ3v) is 12.1. The lowest BCUT2D eigenvalue weighted by molar-refractivity contribution is -0.00921. The summed E-state index contributed by atoms with van der Waals surface area (Å²) in [5.41, 5.74) is 3.42. The average Bonchev–Trinajstić information content (AvgIpc) is 3.52. The first-order chi connectivity index (χ1) is 24.1. The number of likely N-dealkylation sites (N-methyl/N-ethyl adjacent to an activating group) is 1. The molecule has 1 N–H and O–H groups in total. The number of hydrogen-bond acceptors (Lipinski definition) is 10. The summed E-state index contributed by atoms with van der Waals surface area (Å²) in [6.45, 7) is 6.75. The van der Waals surface area contributed by atoms with Gasteiger partial charge in [-0.3, -0.25) is 4.90 Å². The van der Waals surface area contributed by atoms with E-state index in [1.165, 1.54) is 28.4 Å². The Balaban J connectivity index is 1.13. The molecule has 2 bridgehead atoms. The topological polar surface area (TPSA) is 122 Å². The molecule has 4 aliphatic rings. The van der Waals surface area contributed by atoms with Gasteiger partial charge in [-0.25, -0.2) is 26.7 Å². The highest BCUT2D eigenvalue weighted by Gasteiger charge is 2.45. The smallest absolute Gasteiger partial charge is 0.271 e. The highest BCUT2D eigenvalue weighted by molar-refractivity contribution is 7.90. The molecular formula is C37H37FN8O3S. The summed E-state index contributed by atoms with van der Waals surface area (Å²) in [5.74, 6) is 1.07. The molecule has 0 spiro atoms. The molecule has 4 saturated heterocycles. The van der Waals surface area contributed by atoms with E-state index >= 15 is 0 Å². The molecule has 7 heterocycles. The Morgan fingerprint density at radius 1 is 0.940 bits per heavy atom. The number of fused-ring (bicyclic) bond motifs is 3. The number of phenolic OH excluding ortho intramolecular Hbond substituents is 1. The maximum Gasteiger partial charge on any atom is 0.271 e. The summed E-state index contributed by atoms with van der Waals surface area (Å²) in [6, 6.07) is 19.4. The van der Waals surface area contributed by atoms with Crippen LogP contribution < -0.4 is 9.80 Å². The van der Waals surface area contributed by atoms with Crippen molar-refractivity contribution in [2.75, 3.05) is 56.1 Å². The maximum atomic E-state index is 14.3. The molecule has 256 valence electrons. The Labute approximate surface area is 290 Å². The van der Waals surface area contributed by atoms with Gasteiger partial charge in [0, 0.05) is 92.4 Å². The Kier molecular flexibility index (Phi) is 7.97. The van der Waals surface area contributed by atoms with Crippen molar-refractivity contribution in [3.63, 3.8) is 0 Å². The van der Waals surface area contributed by atoms with E-state index < -0.39 is 10.0 Å². The van der Waals surface area contributed by atoms with Gasteiger partial charge in [0.15, 0.2) is 5.65 Å². The van der Waals surface area contributed by atoms with Gasteiger partial charge in [-0.1, -0.05) is 17.7 Å². The van der Waals surface area contributed by atoms with Crippen LogP contribution in [0.1, 0.15) is 23.1 Å². The lowest BCUT2D eigenvalue weighted by Gasteiger charge is -2.56. The average molecular weight is 693 g/mol. The number of benzene rings is 2. The van der Waals surface area contributed by atoms with Crippen LogP contribution in [-0.4, -0.2) is 95.7 Å². The Bertz CT molecular complexity index is 2230. The fourth-order valence-electron chi connectivity index (χ4n) is 7.55. The zero-order valence-electron chi connectivity index (χ0n) is 27.9. The Morgan fingerprint density at radius 3 is 2.36 bits per heavy atom. The number of piperazine rings is 2. The van der Waals surface area contributed by atoms with Crippen molar-refractivity contribution in [1.29, 1.82) is 5.26 Å². The normalized spacial score (nSPS) is 19.8. The largest absolute Gasteiger partial charge is 0.508 e. The van der Waals surface area contributed by atoms with Crippen molar-refractivity contribution >= 4 is 32.7 Å². The number of nitrogens with zero attached hydrogens (tertiary/aromatic N) is 8. The molecule has 2 aromatic carbocycles. The number of phenols is 1. The lowest BCUT2D eigenvalue weighted by Crippen LogP contribution is -2.68. The summed E-state index contributed by atoms with van der Waals surface area (Å²) >= 11 is 0. The van der Waals surface area contributed by atoms with Gasteiger partial charge in [-0.15, -0.1) is 0 Å². The monoisotopic (exact) mass is 692 g/mol. The van der Waals surface area contributed by atoms with E-state index in [1.807, 2.05) is 32.2 Å². The molecule has 2 atom stereocenters. The first-order valence-corrected chi connectivity index (χ1v) is 18.2. The van der Waals surface area contributed by atoms with Gasteiger partial charge in [0.05, 0.1) is 10.5 Å². The van der Waals surface area contributed by atoms with Crippen LogP contribution in [0.2, 0.25) is 0 Å². The highest BCUT2D eigenvalue weighted by atomic mass is 32.2. The molecule has 0 radical (unpaired) electrons. The predicted molar refractivity (Wildman–Crippen MR) is 189 cm³/mol. The molecule has 2 unspecified atom stereocenters. The van der Waals surface area contributed by atoms with Gasteiger partial charge in [-0.05, 0) is 68.9 Å². The first kappa shape index (κ1) is 32.2. The molecule has 4 aliphatic heterocycles. The van der Waals surface area contributed by atoms with E-state index in [2.05, 4.69) is 30.7 Å². The highest BCUT2D eigenvalue weighted by Crippen LogP contribution is 2.40. The number of pyridine rings is 2. The van der Waals surface area contributed by atoms with Crippen molar-refractivity contribution in [2.45, 2.75) is 36.9 Å². The fourth-order valence-corrected chi connectivity index (χ4v) is 9.02. The van der Waals surface area contributed by atoms with E-state index in [1.54, 1.807) is 30.5 Å². The van der Waals surface area contributed by atoms with Crippen LogP contribution in [0.25, 0.3) is 22.2 Å². The summed E-state index contributed by atoms with van der Waals surface area (Å²) in [4.78, 5) is 18.4. The molecule has 4 fully saturated rings. The van der Waals surface area contributed by atoms with Crippen LogP contribution in [0.5, 0.6) is 5.75 Å². The van der Waals surface area contributed by atoms with Crippen LogP contribution in [0, 0.1) is 24.1 Å². The second-order valence-corrected chi connectivity index (χ2v) is 15.4. The van der Waals surface area contributed by atoms with E-state index in [9.17, 15) is 23.2 Å². The second-order valence-electron chi connectivity index (χ2n) is 13.6. The molecule has 5 aromatic rings. The SMILES string of the molecule is Cc1ccc(S(=O)(=O)n2c(N3CCN(C)CC3)cc3c(-c4ccc(N5CC6CC(C5)N6Cc5cc(F)ccc5O)nc4)c(C#N)cnc32)cc1. The third-order valence-electron chi connectivity index (χ3n) is 10.4. The molecule has 13 heteroatoms. The molecular weight excluding hydrogens is 656 g/mol. The standard InChI is InChI=1S/C37H37FN8O3S/c1-24-3-7-31(8-4-24)50(48,49)46-35(43-13-11-42(2)12-14-43)17-32-36(27(18-39)20-41-37(32)46)25-5-10-34(40-19-25)44-22-29-16-30(23-44)45(29)21-26-15-28(38)6-9-33(26)47/h3-10,15,17,19-20,29-30,47H,11-14,16,21-23H2,1-2H3. The predicted octanol–water partition coefficient (Wildman–Crippen LogP) is 4.58. The molecule has 50 heavy (non-hydrogen) atoms. The number of halogens is 1. The van der Waals surface area contributed by atoms with Crippen LogP contribution >= 0.6 is 0 Å². The van der Waals surface area contributed by atoms with Crippen LogP contribution in [0.4, 0.5) is 16.0 Å². The second kappa shape index (κ2) is 12.4. The number of aromatic nitrogens is 3. The number of aryl methyl sites for hydroxylation is 1. The van der Waals surface area contributed by atoms with Gasteiger partial charge in [-0.2, -0.15) is 5.26 Å². The van der Waals surface area contributed by atoms with Gasteiger partial charge in [0.2, 0.25) is 0 Å². The molecule has 0 aliphatic carbocycles. The van der Waals surface area contributed by atoms with Crippen LogP contribution in [-0.2, 0) is 16.6 Å². The molecule has 9 rings (SSSR count). The van der Waals surface area contributed by atoms with Crippen molar-refractivity contribution in [3.8, 4) is 22.9 Å². The van der Waals surface area contributed by atoms with Gasteiger partial charge in [0.25, 0.3) is 10.0 Å². The Morgan fingerprint density at radius 2 is 1.68 bits per heavy atom. The minimum Gasteiger partial charge on any atom is -0.508 e. The van der Waals surface area contributed by atoms with E-state index in [-0.39, 0.29) is 34.2 Å². The molecule has 11 nitrogen and oxygen atoms in total. The lowest BCUT2D eigenvalue weighted by atomic mass is 9.86. The molecule has 0 saturated carbocycles. The number of anilines is 2. The summed E-state index contributed by atoms with van der Waals surface area (Å²) in [6.07, 6.45) is 4.22.